The Morgan fingerprint density at radius 3 is 2.27 bits per heavy atom. The smallest absolute Gasteiger partial charge is 0.243 e. The lowest BCUT2D eigenvalue weighted by Gasteiger charge is -2.32. The highest BCUT2D eigenvalue weighted by Gasteiger charge is 2.31. The Balaban J connectivity index is 1.86. The molecule has 0 spiro atoms. The Hall–Kier alpha value is -2.18. The van der Waals surface area contributed by atoms with Crippen molar-refractivity contribution in [1.29, 1.82) is 0 Å². The maximum Gasteiger partial charge on any atom is 0.243 e. The van der Waals surface area contributed by atoms with E-state index in [9.17, 15) is 9.59 Å². The Morgan fingerprint density at radius 1 is 0.892 bits per heavy atom. The molecule has 0 bridgehead atoms. The summed E-state index contributed by atoms with van der Waals surface area (Å²) < 4.78 is 0. The zero-order valence-electron chi connectivity index (χ0n) is 20.9. The fourth-order valence-electron chi connectivity index (χ4n) is 3.77. The van der Waals surface area contributed by atoms with Crippen molar-refractivity contribution in [1.82, 2.24) is 10.2 Å². The van der Waals surface area contributed by atoms with E-state index < -0.39 is 6.04 Å². The molecule has 0 unspecified atom stereocenters. The van der Waals surface area contributed by atoms with Gasteiger partial charge in [0.2, 0.25) is 11.8 Å². The summed E-state index contributed by atoms with van der Waals surface area (Å²) in [6.45, 7) is 4.21. The molecule has 3 rings (SSSR count). The largest absolute Gasteiger partial charge is 0.352 e. The molecule has 0 saturated carbocycles. The van der Waals surface area contributed by atoms with Gasteiger partial charge in [-0.15, -0.1) is 11.8 Å². The molecule has 0 aromatic heterocycles. The molecule has 3 aromatic rings. The lowest BCUT2D eigenvalue weighted by molar-refractivity contribution is -0.139. The fraction of sp³-hybridized carbons (Fsp3) is 0.310. The van der Waals surface area contributed by atoms with E-state index in [0.717, 1.165) is 23.1 Å². The van der Waals surface area contributed by atoms with E-state index in [-0.39, 0.29) is 30.2 Å². The summed E-state index contributed by atoms with van der Waals surface area (Å²) in [7, 11) is 0. The van der Waals surface area contributed by atoms with Crippen LogP contribution in [0.2, 0.25) is 15.1 Å². The number of carbonyl (C=O) groups excluding carboxylic acids is 2. The van der Waals surface area contributed by atoms with Gasteiger partial charge in [0.1, 0.15) is 6.04 Å². The third-order valence-electron chi connectivity index (χ3n) is 6.05. The van der Waals surface area contributed by atoms with Gasteiger partial charge in [0.25, 0.3) is 0 Å². The van der Waals surface area contributed by atoms with Crippen molar-refractivity contribution in [3.63, 3.8) is 0 Å². The highest BCUT2D eigenvalue weighted by atomic mass is 35.5. The third kappa shape index (κ3) is 8.96. The molecule has 2 atom stereocenters. The van der Waals surface area contributed by atoms with Crippen LogP contribution < -0.4 is 5.32 Å². The van der Waals surface area contributed by atoms with Crippen molar-refractivity contribution >= 4 is 58.4 Å². The van der Waals surface area contributed by atoms with E-state index in [1.807, 2.05) is 68.4 Å². The molecule has 4 nitrogen and oxygen atoms in total. The molecule has 0 aliphatic carbocycles. The van der Waals surface area contributed by atoms with Crippen molar-refractivity contribution in [3.05, 3.63) is 105 Å². The predicted molar refractivity (Wildman–Crippen MR) is 156 cm³/mol. The summed E-state index contributed by atoms with van der Waals surface area (Å²) in [5.41, 5.74) is 2.74. The van der Waals surface area contributed by atoms with E-state index in [1.54, 1.807) is 23.1 Å². The molecule has 0 radical (unpaired) electrons. The molecule has 0 heterocycles. The Morgan fingerprint density at radius 2 is 1.59 bits per heavy atom. The number of benzene rings is 3. The van der Waals surface area contributed by atoms with Crippen LogP contribution in [0.1, 0.15) is 37.0 Å². The minimum atomic E-state index is -0.689. The topological polar surface area (TPSA) is 49.4 Å². The number of amides is 2. The molecular weight excluding hydrogens is 547 g/mol. The lowest BCUT2D eigenvalue weighted by Crippen LogP contribution is -2.52. The standard InChI is InChI=1S/C29H31Cl3N2O2S/c1-3-20(2)33-29(36)27(16-21-9-5-4-6-10-21)34(17-23-11-7-8-12-24(23)30)28(35)19-37-18-22-13-14-25(31)26(32)15-22/h4-15,20,27H,3,16-19H2,1-2H3,(H,33,36)/t20-,27+/m0/s1. The second-order valence-corrected chi connectivity index (χ2v) is 11.1. The molecule has 0 fully saturated rings. The van der Waals surface area contributed by atoms with E-state index in [2.05, 4.69) is 5.32 Å². The van der Waals surface area contributed by atoms with Crippen molar-refractivity contribution in [2.24, 2.45) is 0 Å². The molecule has 3 aromatic carbocycles. The first-order chi connectivity index (χ1) is 17.8. The van der Waals surface area contributed by atoms with Gasteiger partial charge in [0.15, 0.2) is 0 Å². The SMILES string of the molecule is CC[C@H](C)NC(=O)[C@@H](Cc1ccccc1)N(Cc1ccccc1Cl)C(=O)CSCc1ccc(Cl)c(Cl)c1. The first-order valence-corrected chi connectivity index (χ1v) is 14.5. The Labute approximate surface area is 238 Å². The van der Waals surface area contributed by atoms with Gasteiger partial charge in [0, 0.05) is 29.8 Å². The van der Waals surface area contributed by atoms with Crippen molar-refractivity contribution in [3.8, 4) is 0 Å². The summed E-state index contributed by atoms with van der Waals surface area (Å²) in [6, 6.07) is 21.9. The van der Waals surface area contributed by atoms with Crippen LogP contribution in [0.25, 0.3) is 0 Å². The van der Waals surface area contributed by atoms with E-state index in [4.69, 9.17) is 34.8 Å². The highest BCUT2D eigenvalue weighted by molar-refractivity contribution is 7.99. The van der Waals surface area contributed by atoms with Gasteiger partial charge in [-0.1, -0.05) is 96.3 Å². The van der Waals surface area contributed by atoms with Gasteiger partial charge < -0.3 is 10.2 Å². The van der Waals surface area contributed by atoms with Gasteiger partial charge >= 0.3 is 0 Å². The number of halogens is 3. The zero-order valence-corrected chi connectivity index (χ0v) is 24.0. The summed E-state index contributed by atoms with van der Waals surface area (Å²) >= 11 is 20.1. The second-order valence-electron chi connectivity index (χ2n) is 8.88. The average molecular weight is 578 g/mol. The van der Waals surface area contributed by atoms with E-state index in [0.29, 0.717) is 27.2 Å². The number of hydrogen-bond acceptors (Lipinski definition) is 3. The fourth-order valence-corrected chi connectivity index (χ4v) is 5.15. The summed E-state index contributed by atoms with van der Waals surface area (Å²) in [5, 5.41) is 4.62. The zero-order chi connectivity index (χ0) is 26.8. The summed E-state index contributed by atoms with van der Waals surface area (Å²) in [4.78, 5) is 28.9. The van der Waals surface area contributed by atoms with Crippen LogP contribution in [0, 0.1) is 0 Å². The minimum Gasteiger partial charge on any atom is -0.352 e. The molecule has 2 amide bonds. The van der Waals surface area contributed by atoms with Crippen LogP contribution in [-0.2, 0) is 28.3 Å². The molecule has 0 aliphatic rings. The van der Waals surface area contributed by atoms with Crippen molar-refractivity contribution in [2.45, 2.75) is 51.1 Å². The minimum absolute atomic E-state index is 0.00735. The van der Waals surface area contributed by atoms with Crippen LogP contribution in [0.15, 0.2) is 72.8 Å². The van der Waals surface area contributed by atoms with Gasteiger partial charge in [-0.2, -0.15) is 0 Å². The molecule has 1 N–H and O–H groups in total. The van der Waals surface area contributed by atoms with E-state index >= 15 is 0 Å². The Bertz CT molecular complexity index is 1190. The van der Waals surface area contributed by atoms with Gasteiger partial charge in [-0.25, -0.2) is 0 Å². The second kappa shape index (κ2) is 14.7. The number of hydrogen-bond donors (Lipinski definition) is 1. The predicted octanol–water partition coefficient (Wildman–Crippen LogP) is 7.43. The number of thioether (sulfide) groups is 1. The first kappa shape index (κ1) is 29.4. The number of nitrogens with zero attached hydrogens (tertiary/aromatic N) is 1. The molecule has 196 valence electrons. The normalized spacial score (nSPS) is 12.6. The number of nitrogens with one attached hydrogen (secondary N) is 1. The van der Waals surface area contributed by atoms with E-state index in [1.165, 1.54) is 11.8 Å². The molecular formula is C29H31Cl3N2O2S. The van der Waals surface area contributed by atoms with Gasteiger partial charge in [-0.3, -0.25) is 9.59 Å². The highest BCUT2D eigenvalue weighted by Crippen LogP contribution is 2.26. The molecule has 0 saturated heterocycles. The van der Waals surface area contributed by atoms with Gasteiger partial charge in [0.05, 0.1) is 15.8 Å². The van der Waals surface area contributed by atoms with Crippen molar-refractivity contribution < 1.29 is 9.59 Å². The number of rotatable bonds is 12. The van der Waals surface area contributed by atoms with Crippen LogP contribution >= 0.6 is 46.6 Å². The first-order valence-electron chi connectivity index (χ1n) is 12.2. The average Bonchev–Trinajstić information content (AvgIpc) is 2.89. The van der Waals surface area contributed by atoms with Crippen LogP contribution in [0.5, 0.6) is 0 Å². The molecule has 37 heavy (non-hydrogen) atoms. The molecule has 8 heteroatoms. The van der Waals surface area contributed by atoms with Crippen LogP contribution in [-0.4, -0.2) is 34.6 Å². The van der Waals surface area contributed by atoms with Crippen molar-refractivity contribution in [2.75, 3.05) is 5.75 Å². The quantitative estimate of drug-likeness (QED) is 0.243. The Kier molecular flexibility index (Phi) is 11.7. The lowest BCUT2D eigenvalue weighted by atomic mass is 10.0. The van der Waals surface area contributed by atoms with Gasteiger partial charge in [-0.05, 0) is 48.2 Å². The maximum atomic E-state index is 13.7. The van der Waals surface area contributed by atoms with Crippen LogP contribution in [0.3, 0.4) is 0 Å². The summed E-state index contributed by atoms with van der Waals surface area (Å²) in [5.74, 6) is 0.482. The van der Waals surface area contributed by atoms with Crippen LogP contribution in [0.4, 0.5) is 0 Å². The maximum absolute atomic E-state index is 13.7. The molecule has 0 aliphatic heterocycles. The summed E-state index contributed by atoms with van der Waals surface area (Å²) in [6.07, 6.45) is 1.19. The third-order valence-corrected chi connectivity index (χ3v) is 8.15. The number of carbonyl (C=O) groups is 2. The monoisotopic (exact) mass is 576 g/mol.